The molecular formula is C24H36N4O. The highest BCUT2D eigenvalue weighted by Gasteiger charge is 2.31. The van der Waals surface area contributed by atoms with E-state index in [1.165, 1.54) is 43.2 Å². The number of amides is 1. The van der Waals surface area contributed by atoms with Gasteiger partial charge in [-0.1, -0.05) is 11.6 Å². The highest BCUT2D eigenvalue weighted by Crippen LogP contribution is 2.25. The van der Waals surface area contributed by atoms with Crippen LogP contribution in [-0.4, -0.2) is 59.5 Å². The van der Waals surface area contributed by atoms with Gasteiger partial charge in [-0.25, -0.2) is 0 Å². The van der Waals surface area contributed by atoms with Crippen molar-refractivity contribution in [1.82, 2.24) is 20.1 Å². The molecule has 0 saturated carbocycles. The van der Waals surface area contributed by atoms with E-state index < -0.39 is 0 Å². The van der Waals surface area contributed by atoms with Crippen LogP contribution in [0.15, 0.2) is 36.2 Å². The first kappa shape index (κ1) is 20.5. The van der Waals surface area contributed by atoms with Gasteiger partial charge in [-0.2, -0.15) is 0 Å². The van der Waals surface area contributed by atoms with E-state index in [-0.39, 0.29) is 11.8 Å². The molecule has 1 N–H and O–H groups in total. The second-order valence-corrected chi connectivity index (χ2v) is 9.02. The molecule has 1 aromatic heterocycles. The van der Waals surface area contributed by atoms with Crippen molar-refractivity contribution in [2.75, 3.05) is 32.7 Å². The van der Waals surface area contributed by atoms with Crippen LogP contribution in [0.4, 0.5) is 0 Å². The van der Waals surface area contributed by atoms with Crippen molar-refractivity contribution >= 4 is 5.91 Å². The fourth-order valence-electron chi connectivity index (χ4n) is 5.15. The summed E-state index contributed by atoms with van der Waals surface area (Å²) in [6.07, 6.45) is 15.6. The Morgan fingerprint density at radius 1 is 1.07 bits per heavy atom. The number of hydrogen-bond donors (Lipinski definition) is 1. The van der Waals surface area contributed by atoms with Gasteiger partial charge in [-0.15, -0.1) is 0 Å². The highest BCUT2D eigenvalue weighted by molar-refractivity contribution is 5.79. The van der Waals surface area contributed by atoms with Crippen molar-refractivity contribution in [2.24, 2.45) is 5.92 Å². The van der Waals surface area contributed by atoms with Gasteiger partial charge in [0.1, 0.15) is 0 Å². The maximum atomic E-state index is 12.7. The Bertz CT molecular complexity index is 681. The molecule has 5 nitrogen and oxygen atoms in total. The van der Waals surface area contributed by atoms with E-state index in [0.29, 0.717) is 6.04 Å². The second-order valence-electron chi connectivity index (χ2n) is 9.02. The van der Waals surface area contributed by atoms with E-state index in [1.807, 2.05) is 12.4 Å². The molecule has 3 aliphatic rings. The molecule has 0 bridgehead atoms. The van der Waals surface area contributed by atoms with E-state index in [0.717, 1.165) is 58.5 Å². The fourth-order valence-corrected chi connectivity index (χ4v) is 5.15. The Morgan fingerprint density at radius 3 is 2.66 bits per heavy atom. The summed E-state index contributed by atoms with van der Waals surface area (Å²) in [7, 11) is 0. The molecule has 4 rings (SSSR count). The smallest absolute Gasteiger partial charge is 0.224 e. The van der Waals surface area contributed by atoms with Crippen LogP contribution in [0.25, 0.3) is 0 Å². The molecule has 2 saturated heterocycles. The Kier molecular flexibility index (Phi) is 7.33. The molecule has 0 spiro atoms. The van der Waals surface area contributed by atoms with Gasteiger partial charge in [0.25, 0.3) is 0 Å². The number of rotatable bonds is 6. The van der Waals surface area contributed by atoms with Crippen LogP contribution in [0.2, 0.25) is 0 Å². The summed E-state index contributed by atoms with van der Waals surface area (Å²) in [6.45, 7) is 6.19. The van der Waals surface area contributed by atoms with Crippen molar-refractivity contribution in [3.05, 3.63) is 41.7 Å². The second kappa shape index (κ2) is 10.4. The fraction of sp³-hybridized carbons (Fsp3) is 0.667. The molecule has 1 aliphatic carbocycles. The lowest BCUT2D eigenvalue weighted by molar-refractivity contribution is -0.127. The van der Waals surface area contributed by atoms with Crippen LogP contribution in [0.5, 0.6) is 0 Å². The SMILES string of the molecule is O=C(NCC1=CCCCC1)[C@@H]1CCCN(C2CCN(Cc3ccncc3)CC2)C1. The lowest BCUT2D eigenvalue weighted by Gasteiger charge is -2.42. The minimum Gasteiger partial charge on any atom is -0.352 e. The molecule has 3 heterocycles. The molecule has 1 atom stereocenters. The zero-order valence-electron chi connectivity index (χ0n) is 17.7. The number of nitrogens with zero attached hydrogens (tertiary/aromatic N) is 3. The van der Waals surface area contributed by atoms with Crippen molar-refractivity contribution in [2.45, 2.75) is 64.0 Å². The molecule has 0 radical (unpaired) electrons. The summed E-state index contributed by atoms with van der Waals surface area (Å²) < 4.78 is 0. The number of carbonyl (C=O) groups is 1. The Labute approximate surface area is 175 Å². The van der Waals surface area contributed by atoms with Crippen molar-refractivity contribution in [1.29, 1.82) is 0 Å². The molecule has 2 fully saturated rings. The number of carbonyl (C=O) groups excluding carboxylic acids is 1. The van der Waals surface area contributed by atoms with Gasteiger partial charge in [0.15, 0.2) is 0 Å². The maximum absolute atomic E-state index is 12.7. The molecule has 1 aromatic rings. The van der Waals surface area contributed by atoms with Crippen molar-refractivity contribution in [3.63, 3.8) is 0 Å². The summed E-state index contributed by atoms with van der Waals surface area (Å²) in [5, 5.41) is 3.23. The summed E-state index contributed by atoms with van der Waals surface area (Å²) in [6, 6.07) is 4.87. The molecule has 1 amide bonds. The van der Waals surface area contributed by atoms with E-state index in [4.69, 9.17) is 0 Å². The molecule has 2 aliphatic heterocycles. The number of nitrogens with one attached hydrogen (secondary N) is 1. The average molecular weight is 397 g/mol. The number of piperidine rings is 2. The van der Waals surface area contributed by atoms with Crippen LogP contribution in [-0.2, 0) is 11.3 Å². The van der Waals surface area contributed by atoms with E-state index in [2.05, 4.69) is 38.3 Å². The molecular weight excluding hydrogens is 360 g/mol. The van der Waals surface area contributed by atoms with Crippen LogP contribution >= 0.6 is 0 Å². The van der Waals surface area contributed by atoms with Gasteiger partial charge in [-0.3, -0.25) is 19.6 Å². The van der Waals surface area contributed by atoms with E-state index in [1.54, 1.807) is 0 Å². The number of likely N-dealkylation sites (tertiary alicyclic amines) is 2. The van der Waals surface area contributed by atoms with Gasteiger partial charge in [0.2, 0.25) is 5.91 Å². The predicted molar refractivity (Wildman–Crippen MR) is 116 cm³/mol. The highest BCUT2D eigenvalue weighted by atomic mass is 16.1. The predicted octanol–water partition coefficient (Wildman–Crippen LogP) is 3.37. The largest absolute Gasteiger partial charge is 0.352 e. The quantitative estimate of drug-likeness (QED) is 0.749. The lowest BCUT2D eigenvalue weighted by Crippen LogP contribution is -2.50. The van der Waals surface area contributed by atoms with Crippen LogP contribution in [0.3, 0.4) is 0 Å². The van der Waals surface area contributed by atoms with Crippen molar-refractivity contribution < 1.29 is 4.79 Å². The first-order chi connectivity index (χ1) is 14.3. The molecule has 5 heteroatoms. The summed E-state index contributed by atoms with van der Waals surface area (Å²) >= 11 is 0. The Morgan fingerprint density at radius 2 is 1.90 bits per heavy atom. The topological polar surface area (TPSA) is 48.5 Å². The van der Waals surface area contributed by atoms with E-state index in [9.17, 15) is 4.79 Å². The Balaban J connectivity index is 1.21. The van der Waals surface area contributed by atoms with Gasteiger partial charge in [0.05, 0.1) is 5.92 Å². The monoisotopic (exact) mass is 396 g/mol. The third kappa shape index (κ3) is 5.89. The van der Waals surface area contributed by atoms with Gasteiger partial charge in [0, 0.05) is 38.1 Å². The average Bonchev–Trinajstić information content (AvgIpc) is 2.79. The maximum Gasteiger partial charge on any atom is 0.224 e. The molecule has 29 heavy (non-hydrogen) atoms. The molecule has 0 unspecified atom stereocenters. The summed E-state index contributed by atoms with van der Waals surface area (Å²) in [4.78, 5) is 22.0. The van der Waals surface area contributed by atoms with Crippen LogP contribution < -0.4 is 5.32 Å². The minimum absolute atomic E-state index is 0.169. The van der Waals surface area contributed by atoms with Crippen LogP contribution in [0.1, 0.15) is 56.9 Å². The Hall–Kier alpha value is -1.72. The third-order valence-corrected chi connectivity index (χ3v) is 6.93. The zero-order chi connectivity index (χ0) is 19.9. The normalized spacial score (nSPS) is 24.8. The van der Waals surface area contributed by atoms with Gasteiger partial charge < -0.3 is 5.32 Å². The first-order valence-electron chi connectivity index (χ1n) is 11.6. The summed E-state index contributed by atoms with van der Waals surface area (Å²) in [5.41, 5.74) is 2.78. The lowest BCUT2D eigenvalue weighted by atomic mass is 9.93. The molecule has 0 aromatic carbocycles. The zero-order valence-corrected chi connectivity index (χ0v) is 17.7. The standard InChI is InChI=1S/C24H36N4O/c29-24(26-17-20-5-2-1-3-6-20)22-7-4-14-28(19-22)23-10-15-27(16-11-23)18-21-8-12-25-13-9-21/h5,8-9,12-13,22-23H,1-4,6-7,10-11,14-19H2,(H,26,29)/t22-/m1/s1. The van der Waals surface area contributed by atoms with Crippen molar-refractivity contribution in [3.8, 4) is 0 Å². The van der Waals surface area contributed by atoms with Gasteiger partial charge >= 0.3 is 0 Å². The third-order valence-electron chi connectivity index (χ3n) is 6.93. The number of aromatic nitrogens is 1. The minimum atomic E-state index is 0.169. The number of hydrogen-bond acceptors (Lipinski definition) is 4. The number of allylic oxidation sites excluding steroid dienone is 1. The summed E-state index contributed by atoms with van der Waals surface area (Å²) in [5.74, 6) is 0.444. The van der Waals surface area contributed by atoms with E-state index >= 15 is 0 Å². The van der Waals surface area contributed by atoms with Crippen LogP contribution in [0, 0.1) is 5.92 Å². The first-order valence-corrected chi connectivity index (χ1v) is 11.6. The number of pyridine rings is 1. The van der Waals surface area contributed by atoms with Gasteiger partial charge in [-0.05, 0) is 88.7 Å². The molecule has 158 valence electrons.